The van der Waals surface area contributed by atoms with Crippen molar-refractivity contribution >= 4 is 5.91 Å². The predicted molar refractivity (Wildman–Crippen MR) is 67.3 cm³/mol. The number of amides is 1. The van der Waals surface area contributed by atoms with E-state index in [1.807, 2.05) is 6.07 Å². The van der Waals surface area contributed by atoms with Gasteiger partial charge in [-0.05, 0) is 30.5 Å². The van der Waals surface area contributed by atoms with Crippen molar-refractivity contribution in [2.45, 2.75) is 26.2 Å². The van der Waals surface area contributed by atoms with Crippen LogP contribution in [-0.4, -0.2) is 24.4 Å². The lowest BCUT2D eigenvalue weighted by Gasteiger charge is -2.16. The van der Waals surface area contributed by atoms with Gasteiger partial charge in [0.05, 0.1) is 6.07 Å². The molecule has 0 saturated heterocycles. The highest BCUT2D eigenvalue weighted by atomic mass is 19.1. The zero-order valence-corrected chi connectivity index (χ0v) is 10.7. The molecular weight excluding hydrogens is 231 g/mol. The minimum absolute atomic E-state index is 0.0321. The summed E-state index contributed by atoms with van der Waals surface area (Å²) in [6.07, 6.45) is 1.20. The molecule has 3 nitrogen and oxygen atoms in total. The Morgan fingerprint density at radius 1 is 1.50 bits per heavy atom. The first kappa shape index (κ1) is 14.2. The number of carbonyl (C=O) groups excluding carboxylic acids is 1. The number of nitriles is 1. The van der Waals surface area contributed by atoms with E-state index < -0.39 is 0 Å². The van der Waals surface area contributed by atoms with Crippen LogP contribution in [0.25, 0.3) is 0 Å². The minimum atomic E-state index is -0.211. The Kier molecular flexibility index (Phi) is 5.31. The lowest BCUT2D eigenvalue weighted by atomic mass is 10.1. The standard InChI is InChI=1S/C14H17FN2O/c1-11-10-12(5-6-13(11)15)7-9-17(2)14(18)4-3-8-16/h5-6,10H,3-4,7,9H2,1-2H3. The molecule has 0 spiro atoms. The lowest BCUT2D eigenvalue weighted by Crippen LogP contribution is -2.28. The van der Waals surface area contributed by atoms with Gasteiger partial charge in [-0.1, -0.05) is 12.1 Å². The molecule has 0 aromatic heterocycles. The molecule has 0 aliphatic heterocycles. The molecule has 1 rings (SSSR count). The van der Waals surface area contributed by atoms with Crippen LogP contribution in [0.3, 0.4) is 0 Å². The molecule has 0 heterocycles. The van der Waals surface area contributed by atoms with Crippen LogP contribution in [0.1, 0.15) is 24.0 Å². The van der Waals surface area contributed by atoms with Crippen LogP contribution in [0.4, 0.5) is 4.39 Å². The van der Waals surface area contributed by atoms with Crippen molar-refractivity contribution in [3.63, 3.8) is 0 Å². The fourth-order valence-corrected chi connectivity index (χ4v) is 1.64. The van der Waals surface area contributed by atoms with E-state index in [4.69, 9.17) is 5.26 Å². The van der Waals surface area contributed by atoms with Crippen molar-refractivity contribution in [3.05, 3.63) is 35.1 Å². The molecule has 0 N–H and O–H groups in total. The zero-order chi connectivity index (χ0) is 13.5. The maximum absolute atomic E-state index is 13.1. The molecule has 0 bridgehead atoms. The summed E-state index contributed by atoms with van der Waals surface area (Å²) < 4.78 is 13.1. The minimum Gasteiger partial charge on any atom is -0.345 e. The third kappa shape index (κ3) is 4.17. The third-order valence-corrected chi connectivity index (χ3v) is 2.83. The maximum Gasteiger partial charge on any atom is 0.223 e. The Labute approximate surface area is 107 Å². The Balaban J connectivity index is 2.47. The summed E-state index contributed by atoms with van der Waals surface area (Å²) in [6.45, 7) is 2.30. The van der Waals surface area contributed by atoms with E-state index >= 15 is 0 Å². The third-order valence-electron chi connectivity index (χ3n) is 2.83. The van der Waals surface area contributed by atoms with Crippen LogP contribution in [0.2, 0.25) is 0 Å². The van der Waals surface area contributed by atoms with E-state index in [1.54, 1.807) is 31.0 Å². The number of nitrogens with zero attached hydrogens (tertiary/aromatic N) is 2. The molecule has 4 heteroatoms. The van der Waals surface area contributed by atoms with Crippen molar-refractivity contribution in [2.75, 3.05) is 13.6 Å². The number of aryl methyl sites for hydroxylation is 1. The molecule has 1 aromatic rings. The van der Waals surface area contributed by atoms with Gasteiger partial charge in [-0.15, -0.1) is 0 Å². The number of carbonyl (C=O) groups is 1. The smallest absolute Gasteiger partial charge is 0.223 e. The fraction of sp³-hybridized carbons (Fsp3) is 0.429. The second-order valence-corrected chi connectivity index (χ2v) is 4.31. The van der Waals surface area contributed by atoms with Crippen molar-refractivity contribution in [1.82, 2.24) is 4.90 Å². The van der Waals surface area contributed by atoms with Crippen LogP contribution in [0.5, 0.6) is 0 Å². The molecule has 1 aromatic carbocycles. The number of likely N-dealkylation sites (N-methyl/N-ethyl adjacent to an activating group) is 1. The molecule has 96 valence electrons. The Morgan fingerprint density at radius 2 is 2.22 bits per heavy atom. The summed E-state index contributed by atoms with van der Waals surface area (Å²) in [5.41, 5.74) is 1.62. The van der Waals surface area contributed by atoms with E-state index in [9.17, 15) is 9.18 Å². The largest absolute Gasteiger partial charge is 0.345 e. The first-order chi connectivity index (χ1) is 8.54. The van der Waals surface area contributed by atoms with Crippen molar-refractivity contribution in [2.24, 2.45) is 0 Å². The van der Waals surface area contributed by atoms with Crippen LogP contribution < -0.4 is 0 Å². The number of hydrogen-bond donors (Lipinski definition) is 0. The molecular formula is C14H17FN2O. The average molecular weight is 248 g/mol. The molecule has 0 radical (unpaired) electrons. The lowest BCUT2D eigenvalue weighted by molar-refractivity contribution is -0.129. The average Bonchev–Trinajstić information content (AvgIpc) is 2.36. The summed E-state index contributed by atoms with van der Waals surface area (Å²) in [6, 6.07) is 6.93. The Bertz CT molecular complexity index is 465. The SMILES string of the molecule is Cc1cc(CCN(C)C(=O)CCC#N)ccc1F. The fourth-order valence-electron chi connectivity index (χ4n) is 1.64. The molecule has 18 heavy (non-hydrogen) atoms. The molecule has 0 aliphatic rings. The highest BCUT2D eigenvalue weighted by Crippen LogP contribution is 2.10. The van der Waals surface area contributed by atoms with Crippen LogP contribution >= 0.6 is 0 Å². The maximum atomic E-state index is 13.1. The van der Waals surface area contributed by atoms with Crippen LogP contribution in [0.15, 0.2) is 18.2 Å². The van der Waals surface area contributed by atoms with Gasteiger partial charge in [0.1, 0.15) is 5.82 Å². The van der Waals surface area contributed by atoms with E-state index in [0.717, 1.165) is 5.56 Å². The Hall–Kier alpha value is -1.89. The van der Waals surface area contributed by atoms with E-state index in [1.165, 1.54) is 6.07 Å². The summed E-state index contributed by atoms with van der Waals surface area (Å²) in [5, 5.41) is 8.41. The predicted octanol–water partition coefficient (Wildman–Crippen LogP) is 2.44. The summed E-state index contributed by atoms with van der Waals surface area (Å²) in [5.74, 6) is -0.243. The first-order valence-corrected chi connectivity index (χ1v) is 5.90. The second-order valence-electron chi connectivity index (χ2n) is 4.31. The molecule has 0 unspecified atom stereocenters. The number of benzene rings is 1. The monoisotopic (exact) mass is 248 g/mol. The topological polar surface area (TPSA) is 44.1 Å². The molecule has 0 atom stereocenters. The second kappa shape index (κ2) is 6.75. The number of rotatable bonds is 5. The normalized spacial score (nSPS) is 9.89. The Morgan fingerprint density at radius 3 is 2.83 bits per heavy atom. The van der Waals surface area contributed by atoms with Gasteiger partial charge in [-0.3, -0.25) is 4.79 Å². The van der Waals surface area contributed by atoms with Crippen molar-refractivity contribution < 1.29 is 9.18 Å². The quantitative estimate of drug-likeness (QED) is 0.803. The number of halogens is 1. The summed E-state index contributed by atoms with van der Waals surface area (Å²) in [7, 11) is 1.72. The van der Waals surface area contributed by atoms with E-state index in [-0.39, 0.29) is 24.6 Å². The van der Waals surface area contributed by atoms with Crippen molar-refractivity contribution in [1.29, 1.82) is 5.26 Å². The molecule has 1 amide bonds. The van der Waals surface area contributed by atoms with Crippen molar-refractivity contribution in [3.8, 4) is 6.07 Å². The highest BCUT2D eigenvalue weighted by molar-refractivity contribution is 5.76. The van der Waals surface area contributed by atoms with Gasteiger partial charge in [-0.25, -0.2) is 4.39 Å². The van der Waals surface area contributed by atoms with Crippen LogP contribution in [0, 0.1) is 24.1 Å². The van der Waals surface area contributed by atoms with Crippen LogP contribution in [-0.2, 0) is 11.2 Å². The van der Waals surface area contributed by atoms with Gasteiger partial charge in [0, 0.05) is 26.4 Å². The van der Waals surface area contributed by atoms with E-state index in [2.05, 4.69) is 0 Å². The summed E-state index contributed by atoms with van der Waals surface area (Å²) >= 11 is 0. The number of hydrogen-bond acceptors (Lipinski definition) is 2. The zero-order valence-electron chi connectivity index (χ0n) is 10.7. The summed E-state index contributed by atoms with van der Waals surface area (Å²) in [4.78, 5) is 13.2. The highest BCUT2D eigenvalue weighted by Gasteiger charge is 2.08. The van der Waals surface area contributed by atoms with Gasteiger partial charge in [-0.2, -0.15) is 5.26 Å². The molecule has 0 saturated carbocycles. The molecule has 0 aliphatic carbocycles. The molecule has 0 fully saturated rings. The van der Waals surface area contributed by atoms with Gasteiger partial charge in [0.25, 0.3) is 0 Å². The van der Waals surface area contributed by atoms with Gasteiger partial charge in [0.15, 0.2) is 0 Å². The first-order valence-electron chi connectivity index (χ1n) is 5.90. The van der Waals surface area contributed by atoms with Gasteiger partial charge < -0.3 is 4.90 Å². The van der Waals surface area contributed by atoms with E-state index in [0.29, 0.717) is 18.5 Å². The van der Waals surface area contributed by atoms with Gasteiger partial charge >= 0.3 is 0 Å². The van der Waals surface area contributed by atoms with Gasteiger partial charge in [0.2, 0.25) is 5.91 Å².